The molecular weight excluding hydrogens is 574 g/mol. The van der Waals surface area contributed by atoms with Crippen LogP contribution in [0.5, 0.6) is 11.5 Å². The van der Waals surface area contributed by atoms with Crippen molar-refractivity contribution in [2.45, 2.75) is 45.8 Å². The van der Waals surface area contributed by atoms with E-state index in [1.165, 1.54) is 13.2 Å². The Hall–Kier alpha value is -4.03. The number of methoxy groups -OCH3 is 1. The highest BCUT2D eigenvalue weighted by Crippen LogP contribution is 2.52. The van der Waals surface area contributed by atoms with Crippen molar-refractivity contribution < 1.29 is 33.0 Å². The Morgan fingerprint density at radius 2 is 1.56 bits per heavy atom. The Balaban J connectivity index is 1.95. The van der Waals surface area contributed by atoms with Crippen LogP contribution in [0, 0.1) is 0 Å². The Labute approximate surface area is 246 Å². The highest BCUT2D eigenvalue weighted by atomic mass is 32.2. The molecule has 10 nitrogen and oxygen atoms in total. The SMILES string of the molecule is CNc1cc(CO)c2c3c(CO)cc(=O)c4c(O)c(OC)c5c(c6c(c(CCCCS(=O)(=O)O)c(=O)c1c26)C=C(C)C5)c43. The predicted octanol–water partition coefficient (Wildman–Crippen LogP) is 3.81. The number of hydrogen-bond acceptors (Lipinski definition) is 9. The van der Waals surface area contributed by atoms with Gasteiger partial charge in [-0.1, -0.05) is 11.6 Å². The molecule has 224 valence electrons. The van der Waals surface area contributed by atoms with E-state index in [2.05, 4.69) is 5.32 Å². The molecule has 5 N–H and O–H groups in total. The number of ether oxygens (including phenoxy) is 1. The van der Waals surface area contributed by atoms with Crippen LogP contribution in [0.2, 0.25) is 0 Å². The zero-order valence-corrected chi connectivity index (χ0v) is 24.7. The first-order chi connectivity index (χ1) is 20.5. The topological polar surface area (TPSA) is 170 Å². The maximum atomic E-state index is 14.4. The minimum atomic E-state index is -4.17. The maximum absolute atomic E-state index is 14.4. The molecule has 0 amide bonds. The van der Waals surface area contributed by atoms with Gasteiger partial charge in [0.25, 0.3) is 10.1 Å². The first-order valence-electron chi connectivity index (χ1n) is 13.9. The van der Waals surface area contributed by atoms with E-state index in [4.69, 9.17) is 4.74 Å². The number of aromatic hydroxyl groups is 1. The van der Waals surface area contributed by atoms with E-state index in [0.29, 0.717) is 84.0 Å². The van der Waals surface area contributed by atoms with Gasteiger partial charge in [-0.05, 0) is 83.0 Å². The van der Waals surface area contributed by atoms with E-state index in [1.807, 2.05) is 13.0 Å². The Morgan fingerprint density at radius 3 is 2.16 bits per heavy atom. The van der Waals surface area contributed by atoms with Crippen molar-refractivity contribution in [1.29, 1.82) is 0 Å². The molecule has 0 spiro atoms. The largest absolute Gasteiger partial charge is 0.504 e. The van der Waals surface area contributed by atoms with Gasteiger partial charge in [0.2, 0.25) is 0 Å². The smallest absolute Gasteiger partial charge is 0.264 e. The first kappa shape index (κ1) is 29.1. The number of aliphatic hydroxyl groups is 2. The summed E-state index contributed by atoms with van der Waals surface area (Å²) < 4.78 is 37.7. The molecule has 0 heterocycles. The number of allylic oxidation sites excluding steroid dienone is 1. The van der Waals surface area contributed by atoms with Crippen LogP contribution in [0.4, 0.5) is 5.69 Å². The quantitative estimate of drug-likeness (QED) is 0.0721. The van der Waals surface area contributed by atoms with Gasteiger partial charge in [0.05, 0.1) is 36.8 Å². The average molecular weight is 606 g/mol. The molecular formula is C32H31NO9S. The Morgan fingerprint density at radius 1 is 0.907 bits per heavy atom. The van der Waals surface area contributed by atoms with Crippen molar-refractivity contribution in [2.24, 2.45) is 0 Å². The monoisotopic (exact) mass is 605 g/mol. The number of fused-ring (bicyclic) bond motifs is 1. The zero-order valence-electron chi connectivity index (χ0n) is 23.9. The van der Waals surface area contributed by atoms with Gasteiger partial charge in [0.1, 0.15) is 0 Å². The number of anilines is 1. The van der Waals surface area contributed by atoms with Crippen LogP contribution in [0.15, 0.2) is 27.3 Å². The summed E-state index contributed by atoms with van der Waals surface area (Å²) in [5.74, 6) is -0.597. The van der Waals surface area contributed by atoms with Crippen molar-refractivity contribution in [1.82, 2.24) is 0 Å². The third-order valence-corrected chi connectivity index (χ3v) is 9.45. The minimum absolute atomic E-state index is 0.0228. The third kappa shape index (κ3) is 4.21. The maximum Gasteiger partial charge on any atom is 0.264 e. The molecule has 0 atom stereocenters. The number of rotatable bonds is 9. The van der Waals surface area contributed by atoms with Gasteiger partial charge in [-0.15, -0.1) is 0 Å². The van der Waals surface area contributed by atoms with Crippen molar-refractivity contribution in [3.63, 3.8) is 0 Å². The second-order valence-corrected chi connectivity index (χ2v) is 12.7. The molecule has 0 saturated heterocycles. The first-order valence-corrected chi connectivity index (χ1v) is 15.5. The van der Waals surface area contributed by atoms with Crippen LogP contribution >= 0.6 is 0 Å². The van der Waals surface area contributed by atoms with Gasteiger partial charge < -0.3 is 25.4 Å². The van der Waals surface area contributed by atoms with E-state index < -0.39 is 34.5 Å². The van der Waals surface area contributed by atoms with Crippen LogP contribution in [0.3, 0.4) is 0 Å². The normalized spacial score (nSPS) is 13.5. The molecule has 0 unspecified atom stereocenters. The number of aliphatic hydroxyl groups excluding tert-OH is 2. The third-order valence-electron chi connectivity index (χ3n) is 8.64. The summed E-state index contributed by atoms with van der Waals surface area (Å²) in [5.41, 5.74) is 3.04. The van der Waals surface area contributed by atoms with Crippen LogP contribution in [-0.2, 0) is 36.2 Å². The van der Waals surface area contributed by atoms with Gasteiger partial charge in [-0.2, -0.15) is 8.42 Å². The molecule has 6 rings (SSSR count). The highest BCUT2D eigenvalue weighted by Gasteiger charge is 2.32. The van der Waals surface area contributed by atoms with Gasteiger partial charge in [-0.25, -0.2) is 0 Å². The van der Waals surface area contributed by atoms with Gasteiger partial charge >= 0.3 is 0 Å². The summed E-state index contributed by atoms with van der Waals surface area (Å²) >= 11 is 0. The number of unbranched alkanes of at least 4 members (excludes halogenated alkanes) is 1. The standard InChI is InChI=1S/C32H31NO9S/c1-14-8-18-17(6-4-5-7-43(39,40)41)30(37)26-20(33-2)10-15(12-34)22-23-16(13-35)11-21(36)27-29(23)25(24(18)28(22)26)19(9-14)32(42-3)31(27)38/h8,10-11,33-35,38H,4-7,9,12-13H2,1-3H3,(H,39,40,41). The molecule has 11 heteroatoms. The molecule has 5 aromatic rings. The highest BCUT2D eigenvalue weighted by molar-refractivity contribution is 7.85. The summed E-state index contributed by atoms with van der Waals surface area (Å²) in [6.45, 7) is 1.01. The van der Waals surface area contributed by atoms with Crippen LogP contribution < -0.4 is 20.9 Å². The van der Waals surface area contributed by atoms with E-state index in [1.54, 1.807) is 13.1 Å². The summed E-state index contributed by atoms with van der Waals surface area (Å²) in [6.07, 6.45) is 2.92. The molecule has 0 bridgehead atoms. The summed E-state index contributed by atoms with van der Waals surface area (Å²) in [5, 5.41) is 39.2. The molecule has 5 aromatic carbocycles. The van der Waals surface area contributed by atoms with Crippen molar-refractivity contribution in [3.8, 4) is 11.5 Å². The van der Waals surface area contributed by atoms with Crippen LogP contribution in [0.25, 0.3) is 49.2 Å². The Bertz CT molecular complexity index is 2240. The van der Waals surface area contributed by atoms with E-state index >= 15 is 0 Å². The molecule has 0 radical (unpaired) electrons. The van der Waals surface area contributed by atoms with Gasteiger partial charge in [0, 0.05) is 34.6 Å². The van der Waals surface area contributed by atoms with Crippen LogP contribution in [-0.4, -0.2) is 48.2 Å². The molecule has 43 heavy (non-hydrogen) atoms. The lowest BCUT2D eigenvalue weighted by molar-refractivity contribution is 0.282. The van der Waals surface area contributed by atoms with E-state index in [-0.39, 0.29) is 35.2 Å². The molecule has 0 saturated carbocycles. The zero-order chi connectivity index (χ0) is 31.0. The van der Waals surface area contributed by atoms with Gasteiger partial charge in [0.15, 0.2) is 22.4 Å². The summed E-state index contributed by atoms with van der Waals surface area (Å²) in [7, 11) is -1.08. The second-order valence-electron chi connectivity index (χ2n) is 11.2. The van der Waals surface area contributed by atoms with E-state index in [9.17, 15) is 37.9 Å². The van der Waals surface area contributed by atoms with E-state index in [0.717, 1.165) is 5.57 Å². The molecule has 1 aliphatic rings. The number of hydrogen-bond donors (Lipinski definition) is 5. The fraction of sp³-hybridized carbons (Fsp3) is 0.312. The number of phenols is 1. The lowest BCUT2D eigenvalue weighted by Gasteiger charge is -2.24. The van der Waals surface area contributed by atoms with Gasteiger partial charge in [-0.3, -0.25) is 14.1 Å². The summed E-state index contributed by atoms with van der Waals surface area (Å²) in [4.78, 5) is 28.0. The molecule has 1 aliphatic carbocycles. The number of benzene rings is 5. The van der Waals surface area contributed by atoms with Crippen molar-refractivity contribution in [3.05, 3.63) is 66.0 Å². The summed E-state index contributed by atoms with van der Waals surface area (Å²) in [6, 6.07) is 2.95. The van der Waals surface area contributed by atoms with Crippen molar-refractivity contribution >= 4 is 65.0 Å². The predicted molar refractivity (Wildman–Crippen MR) is 168 cm³/mol. The van der Waals surface area contributed by atoms with Crippen molar-refractivity contribution in [2.75, 3.05) is 25.2 Å². The average Bonchev–Trinajstić information content (AvgIpc) is 3.11. The molecule has 0 aromatic heterocycles. The number of phenolic OH excluding ortho intramolecular Hbond substituents is 1. The molecule has 0 fully saturated rings. The van der Waals surface area contributed by atoms with Crippen LogP contribution in [0.1, 0.15) is 47.6 Å². The lowest BCUT2D eigenvalue weighted by atomic mass is 9.80. The fourth-order valence-corrected chi connectivity index (χ4v) is 7.58. The molecule has 0 aliphatic heterocycles. The fourth-order valence-electron chi connectivity index (χ4n) is 7.01. The lowest BCUT2D eigenvalue weighted by Crippen LogP contribution is -2.16. The minimum Gasteiger partial charge on any atom is -0.504 e. The Kier molecular flexibility index (Phi) is 6.96. The number of nitrogens with one attached hydrogen (secondary N) is 1. The second kappa shape index (κ2) is 10.3.